The van der Waals surface area contributed by atoms with Gasteiger partial charge in [-0.15, -0.1) is 0 Å². The Labute approximate surface area is 63.0 Å². The molecule has 0 aromatic rings. The zero-order valence-electron chi connectivity index (χ0n) is 7.09. The van der Waals surface area contributed by atoms with Gasteiger partial charge in [-0.05, 0) is 13.5 Å². The Bertz CT molecular complexity index is 103. The van der Waals surface area contributed by atoms with E-state index in [1.807, 2.05) is 7.05 Å². The van der Waals surface area contributed by atoms with Crippen molar-refractivity contribution in [3.63, 3.8) is 0 Å². The second-order valence-electron chi connectivity index (χ2n) is 3.03. The van der Waals surface area contributed by atoms with Crippen LogP contribution in [0.4, 0.5) is 0 Å². The average molecular weight is 143 g/mol. The van der Waals surface area contributed by atoms with Gasteiger partial charge in [-0.2, -0.15) is 0 Å². The Hall–Kier alpha value is -0.120. The summed E-state index contributed by atoms with van der Waals surface area (Å²) in [5, 5.41) is 7.79. The molecule has 1 rings (SSSR count). The molecule has 1 atom stereocenters. The molecule has 0 aliphatic carbocycles. The van der Waals surface area contributed by atoms with Crippen LogP contribution in [0.1, 0.15) is 6.42 Å². The molecule has 0 saturated carbocycles. The van der Waals surface area contributed by atoms with E-state index in [2.05, 4.69) is 29.4 Å². The van der Waals surface area contributed by atoms with Gasteiger partial charge in [-0.25, -0.2) is 10.0 Å². The molecule has 0 aromatic heterocycles. The fourth-order valence-corrected chi connectivity index (χ4v) is 1.34. The van der Waals surface area contributed by atoms with Crippen molar-refractivity contribution in [1.29, 1.82) is 0 Å². The maximum absolute atomic E-state index is 3.28. The van der Waals surface area contributed by atoms with Gasteiger partial charge in [-0.3, -0.25) is 0 Å². The zero-order valence-corrected chi connectivity index (χ0v) is 7.09. The monoisotopic (exact) mass is 143 g/mol. The second-order valence-corrected chi connectivity index (χ2v) is 3.03. The molecule has 1 N–H and O–H groups in total. The summed E-state index contributed by atoms with van der Waals surface area (Å²) in [6.45, 7) is 2.35. The first-order chi connectivity index (χ1) is 4.74. The largest absolute Gasteiger partial charge is 0.316 e. The maximum Gasteiger partial charge on any atom is 0.0287 e. The van der Waals surface area contributed by atoms with Crippen LogP contribution in [0, 0.1) is 0 Å². The molecule has 1 heterocycles. The van der Waals surface area contributed by atoms with E-state index >= 15 is 0 Å². The normalized spacial score (nSPS) is 28.2. The number of hydrazine groups is 1. The lowest BCUT2D eigenvalue weighted by Crippen LogP contribution is -2.37. The summed E-state index contributed by atoms with van der Waals surface area (Å²) in [6.07, 6.45) is 1.27. The fraction of sp³-hybridized carbons (Fsp3) is 1.00. The van der Waals surface area contributed by atoms with Gasteiger partial charge in [0.2, 0.25) is 0 Å². The molecule has 0 aromatic carbocycles. The minimum Gasteiger partial charge on any atom is -0.316 e. The molecule has 1 unspecified atom stereocenters. The molecule has 1 saturated heterocycles. The summed E-state index contributed by atoms with van der Waals surface area (Å²) >= 11 is 0. The van der Waals surface area contributed by atoms with E-state index in [0.717, 1.165) is 6.54 Å². The molecule has 10 heavy (non-hydrogen) atoms. The van der Waals surface area contributed by atoms with Gasteiger partial charge in [0.05, 0.1) is 0 Å². The van der Waals surface area contributed by atoms with Gasteiger partial charge in [0.15, 0.2) is 0 Å². The average Bonchev–Trinajstić information content (AvgIpc) is 2.34. The first kappa shape index (κ1) is 7.98. The number of nitrogens with zero attached hydrogens (tertiary/aromatic N) is 2. The molecule has 1 fully saturated rings. The summed E-state index contributed by atoms with van der Waals surface area (Å²) in [7, 11) is 6.22. The molecule has 0 spiro atoms. The highest BCUT2D eigenvalue weighted by Crippen LogP contribution is 2.08. The van der Waals surface area contributed by atoms with Crippen molar-refractivity contribution in [3.8, 4) is 0 Å². The molecule has 3 heteroatoms. The van der Waals surface area contributed by atoms with Crippen molar-refractivity contribution < 1.29 is 0 Å². The van der Waals surface area contributed by atoms with Crippen LogP contribution in [0.2, 0.25) is 0 Å². The Morgan fingerprint density at radius 2 is 2.20 bits per heavy atom. The van der Waals surface area contributed by atoms with Crippen molar-refractivity contribution in [2.75, 3.05) is 34.2 Å². The van der Waals surface area contributed by atoms with Crippen LogP contribution in [-0.4, -0.2) is 50.3 Å². The van der Waals surface area contributed by atoms with E-state index in [-0.39, 0.29) is 0 Å². The van der Waals surface area contributed by atoms with Crippen molar-refractivity contribution in [3.05, 3.63) is 0 Å². The lowest BCUT2D eigenvalue weighted by molar-refractivity contribution is 0.0513. The molecule has 1 aliphatic heterocycles. The van der Waals surface area contributed by atoms with Gasteiger partial charge in [0, 0.05) is 33.2 Å². The van der Waals surface area contributed by atoms with Crippen LogP contribution in [0.15, 0.2) is 0 Å². The topological polar surface area (TPSA) is 18.5 Å². The Kier molecular flexibility index (Phi) is 2.65. The number of nitrogens with one attached hydrogen (secondary N) is 1. The molecule has 3 nitrogen and oxygen atoms in total. The lowest BCUT2D eigenvalue weighted by Gasteiger charge is -2.23. The second kappa shape index (κ2) is 3.32. The van der Waals surface area contributed by atoms with E-state index in [4.69, 9.17) is 0 Å². The smallest absolute Gasteiger partial charge is 0.0287 e. The number of hydrogen-bond donors (Lipinski definition) is 1. The van der Waals surface area contributed by atoms with E-state index in [1.165, 1.54) is 13.0 Å². The van der Waals surface area contributed by atoms with E-state index in [9.17, 15) is 0 Å². The molecular weight excluding hydrogens is 126 g/mol. The number of hydrogen-bond acceptors (Lipinski definition) is 3. The number of rotatable bonds is 2. The van der Waals surface area contributed by atoms with Gasteiger partial charge < -0.3 is 5.32 Å². The number of likely N-dealkylation sites (N-methyl/N-ethyl adjacent to an activating group) is 1. The summed E-state index contributed by atoms with van der Waals surface area (Å²) in [5.74, 6) is 0. The summed E-state index contributed by atoms with van der Waals surface area (Å²) < 4.78 is 0. The van der Waals surface area contributed by atoms with Crippen molar-refractivity contribution >= 4 is 0 Å². The van der Waals surface area contributed by atoms with Gasteiger partial charge in [-0.1, -0.05) is 0 Å². The third kappa shape index (κ3) is 1.68. The standard InChI is InChI=1S/C7H17N3/c1-8-7-4-5-10(6-7)9(2)3/h7-8H,4-6H2,1-3H3. The molecule has 1 aliphatic rings. The van der Waals surface area contributed by atoms with Crippen molar-refractivity contribution in [2.45, 2.75) is 12.5 Å². The highest BCUT2D eigenvalue weighted by Gasteiger charge is 2.21. The maximum atomic E-state index is 3.28. The minimum absolute atomic E-state index is 0.697. The van der Waals surface area contributed by atoms with Gasteiger partial charge >= 0.3 is 0 Å². The highest BCUT2D eigenvalue weighted by molar-refractivity contribution is 4.76. The lowest BCUT2D eigenvalue weighted by atomic mass is 10.3. The third-order valence-corrected chi connectivity index (χ3v) is 2.14. The van der Waals surface area contributed by atoms with E-state index < -0.39 is 0 Å². The Morgan fingerprint density at radius 1 is 1.50 bits per heavy atom. The first-order valence-electron chi connectivity index (χ1n) is 3.83. The predicted octanol–water partition coefficient (Wildman–Crippen LogP) is -0.243. The Balaban J connectivity index is 2.28. The zero-order chi connectivity index (χ0) is 7.56. The van der Waals surface area contributed by atoms with Crippen LogP contribution in [-0.2, 0) is 0 Å². The van der Waals surface area contributed by atoms with Gasteiger partial charge in [0.1, 0.15) is 0 Å². The molecule has 0 amide bonds. The molecule has 0 bridgehead atoms. The van der Waals surface area contributed by atoms with Crippen LogP contribution in [0.5, 0.6) is 0 Å². The third-order valence-electron chi connectivity index (χ3n) is 2.14. The first-order valence-corrected chi connectivity index (χ1v) is 3.83. The van der Waals surface area contributed by atoms with Crippen LogP contribution in [0.3, 0.4) is 0 Å². The van der Waals surface area contributed by atoms with Crippen molar-refractivity contribution in [2.24, 2.45) is 0 Å². The molecule has 0 radical (unpaired) electrons. The highest BCUT2D eigenvalue weighted by atomic mass is 15.6. The SMILES string of the molecule is CNC1CCN(N(C)C)C1. The fourth-order valence-electron chi connectivity index (χ4n) is 1.34. The van der Waals surface area contributed by atoms with E-state index in [0.29, 0.717) is 6.04 Å². The Morgan fingerprint density at radius 3 is 2.50 bits per heavy atom. The molecular formula is C7H17N3. The van der Waals surface area contributed by atoms with E-state index in [1.54, 1.807) is 0 Å². The minimum atomic E-state index is 0.697. The van der Waals surface area contributed by atoms with Gasteiger partial charge in [0.25, 0.3) is 0 Å². The molecule has 60 valence electrons. The van der Waals surface area contributed by atoms with Crippen LogP contribution >= 0.6 is 0 Å². The summed E-state index contributed by atoms with van der Waals surface area (Å²) in [5.41, 5.74) is 0. The summed E-state index contributed by atoms with van der Waals surface area (Å²) in [4.78, 5) is 0. The predicted molar refractivity (Wildman–Crippen MR) is 42.7 cm³/mol. The van der Waals surface area contributed by atoms with Crippen LogP contribution < -0.4 is 5.32 Å². The quantitative estimate of drug-likeness (QED) is 0.575. The van der Waals surface area contributed by atoms with Crippen LogP contribution in [0.25, 0.3) is 0 Å². The summed E-state index contributed by atoms with van der Waals surface area (Å²) in [6, 6.07) is 0.697. The van der Waals surface area contributed by atoms with Crippen molar-refractivity contribution in [1.82, 2.24) is 15.3 Å².